The van der Waals surface area contributed by atoms with E-state index in [-0.39, 0.29) is 24.4 Å². The molecule has 0 saturated heterocycles. The van der Waals surface area contributed by atoms with E-state index in [2.05, 4.69) is 10.1 Å². The Labute approximate surface area is 166 Å². The van der Waals surface area contributed by atoms with Crippen molar-refractivity contribution in [2.45, 2.75) is 6.10 Å². The number of rotatable bonds is 8. The number of nitro groups is 1. The van der Waals surface area contributed by atoms with Gasteiger partial charge in [0.05, 0.1) is 12.0 Å². The molecule has 2 N–H and O–H groups in total. The highest BCUT2D eigenvalue weighted by Gasteiger charge is 2.21. The zero-order valence-corrected chi connectivity index (χ0v) is 15.7. The van der Waals surface area contributed by atoms with Crippen molar-refractivity contribution < 1.29 is 24.3 Å². The number of benzene rings is 3. The summed E-state index contributed by atoms with van der Waals surface area (Å²) in [5, 5.41) is 26.2. The van der Waals surface area contributed by atoms with E-state index in [1.165, 1.54) is 18.2 Å². The maximum atomic E-state index is 11.8. The van der Waals surface area contributed by atoms with Gasteiger partial charge >= 0.3 is 5.97 Å². The molecule has 1 unspecified atom stereocenters. The predicted molar refractivity (Wildman–Crippen MR) is 108 cm³/mol. The standard InChI is InChI=1S/C21H20N2O6/c1-28-21(25)18-11-15(9-10-19(18)23(26)27)22-12-16(24)13-29-20-8-4-6-14-5-2-3-7-17(14)20/h2-11,16,22,24H,12-13H2,1H3. The number of methoxy groups -OCH3 is 1. The molecule has 0 aliphatic heterocycles. The third-order valence-corrected chi connectivity index (χ3v) is 4.32. The Morgan fingerprint density at radius 3 is 2.69 bits per heavy atom. The lowest BCUT2D eigenvalue weighted by Gasteiger charge is -2.15. The van der Waals surface area contributed by atoms with Gasteiger partial charge in [-0.1, -0.05) is 36.4 Å². The van der Waals surface area contributed by atoms with Crippen LogP contribution in [0.2, 0.25) is 0 Å². The van der Waals surface area contributed by atoms with E-state index in [0.29, 0.717) is 11.4 Å². The van der Waals surface area contributed by atoms with Gasteiger partial charge in [0.25, 0.3) is 5.69 Å². The summed E-state index contributed by atoms with van der Waals surface area (Å²) in [6, 6.07) is 17.5. The Morgan fingerprint density at radius 2 is 1.93 bits per heavy atom. The molecular weight excluding hydrogens is 376 g/mol. The van der Waals surface area contributed by atoms with Crippen LogP contribution < -0.4 is 10.1 Å². The number of hydrogen-bond donors (Lipinski definition) is 2. The molecule has 0 spiro atoms. The summed E-state index contributed by atoms with van der Waals surface area (Å²) >= 11 is 0. The summed E-state index contributed by atoms with van der Waals surface area (Å²) in [6.07, 6.45) is -0.842. The van der Waals surface area contributed by atoms with Crippen molar-refractivity contribution in [1.29, 1.82) is 0 Å². The van der Waals surface area contributed by atoms with Crippen LogP contribution in [0.3, 0.4) is 0 Å². The molecule has 0 bridgehead atoms. The molecule has 1 atom stereocenters. The van der Waals surface area contributed by atoms with Crippen molar-refractivity contribution in [2.24, 2.45) is 0 Å². The number of carbonyl (C=O) groups excluding carboxylic acids is 1. The number of hydrogen-bond acceptors (Lipinski definition) is 7. The average Bonchev–Trinajstić information content (AvgIpc) is 2.75. The Morgan fingerprint density at radius 1 is 1.17 bits per heavy atom. The number of carbonyl (C=O) groups is 1. The van der Waals surface area contributed by atoms with Gasteiger partial charge < -0.3 is 19.9 Å². The molecule has 0 aromatic heterocycles. The Hall–Kier alpha value is -3.65. The fourth-order valence-electron chi connectivity index (χ4n) is 2.88. The molecule has 8 heteroatoms. The SMILES string of the molecule is COC(=O)c1cc(NCC(O)COc2cccc3ccccc23)ccc1[N+](=O)[O-]. The number of esters is 1. The first-order chi connectivity index (χ1) is 14.0. The summed E-state index contributed by atoms with van der Waals surface area (Å²) in [7, 11) is 1.15. The number of anilines is 1. The fourth-order valence-corrected chi connectivity index (χ4v) is 2.88. The van der Waals surface area contributed by atoms with Crippen molar-refractivity contribution in [3.8, 4) is 5.75 Å². The quantitative estimate of drug-likeness (QED) is 0.341. The lowest BCUT2D eigenvalue weighted by Crippen LogP contribution is -2.26. The van der Waals surface area contributed by atoms with Crippen molar-refractivity contribution in [2.75, 3.05) is 25.6 Å². The van der Waals surface area contributed by atoms with Crippen LogP contribution in [0.5, 0.6) is 5.75 Å². The summed E-state index contributed by atoms with van der Waals surface area (Å²) in [4.78, 5) is 22.2. The second-order valence-corrected chi connectivity index (χ2v) is 6.30. The second-order valence-electron chi connectivity index (χ2n) is 6.30. The number of nitrogens with one attached hydrogen (secondary N) is 1. The van der Waals surface area contributed by atoms with Gasteiger partial charge in [0.2, 0.25) is 0 Å². The number of fused-ring (bicyclic) bond motifs is 1. The highest BCUT2D eigenvalue weighted by molar-refractivity contribution is 5.95. The van der Waals surface area contributed by atoms with Crippen LogP contribution in [0, 0.1) is 10.1 Å². The number of nitro benzene ring substituents is 1. The molecule has 150 valence electrons. The normalized spacial score (nSPS) is 11.7. The molecule has 0 saturated carbocycles. The number of ether oxygens (including phenoxy) is 2. The topological polar surface area (TPSA) is 111 Å². The molecular formula is C21H20N2O6. The van der Waals surface area contributed by atoms with Gasteiger partial charge in [-0.25, -0.2) is 4.79 Å². The minimum absolute atomic E-state index is 0.0534. The van der Waals surface area contributed by atoms with Crippen LogP contribution in [0.25, 0.3) is 10.8 Å². The van der Waals surface area contributed by atoms with E-state index < -0.39 is 17.0 Å². The molecule has 0 heterocycles. The highest BCUT2D eigenvalue weighted by atomic mass is 16.6. The van der Waals surface area contributed by atoms with E-state index in [4.69, 9.17) is 4.74 Å². The van der Waals surface area contributed by atoms with Crippen LogP contribution in [-0.2, 0) is 4.74 Å². The van der Waals surface area contributed by atoms with Gasteiger partial charge in [-0.05, 0) is 23.6 Å². The van der Waals surface area contributed by atoms with Gasteiger partial charge in [-0.2, -0.15) is 0 Å². The van der Waals surface area contributed by atoms with Crippen LogP contribution in [0.15, 0.2) is 60.7 Å². The van der Waals surface area contributed by atoms with Crippen LogP contribution in [-0.4, -0.2) is 42.4 Å². The summed E-state index contributed by atoms with van der Waals surface area (Å²) in [5.41, 5.74) is -0.0635. The molecule has 29 heavy (non-hydrogen) atoms. The van der Waals surface area contributed by atoms with Gasteiger partial charge in [-0.3, -0.25) is 10.1 Å². The van der Waals surface area contributed by atoms with Crippen LogP contribution in [0.4, 0.5) is 11.4 Å². The zero-order chi connectivity index (χ0) is 20.8. The van der Waals surface area contributed by atoms with Crippen molar-refractivity contribution in [3.63, 3.8) is 0 Å². The maximum Gasteiger partial charge on any atom is 0.344 e. The summed E-state index contributed by atoms with van der Waals surface area (Å²) in [5.74, 6) is -0.134. The maximum absolute atomic E-state index is 11.8. The monoisotopic (exact) mass is 396 g/mol. The molecule has 8 nitrogen and oxygen atoms in total. The van der Waals surface area contributed by atoms with E-state index in [1.54, 1.807) is 0 Å². The minimum Gasteiger partial charge on any atom is -0.490 e. The Bertz CT molecular complexity index is 1030. The summed E-state index contributed by atoms with van der Waals surface area (Å²) < 4.78 is 10.3. The molecule has 0 aliphatic carbocycles. The first-order valence-corrected chi connectivity index (χ1v) is 8.89. The fraction of sp³-hybridized carbons (Fsp3) is 0.190. The van der Waals surface area contributed by atoms with E-state index in [1.807, 2.05) is 42.5 Å². The molecule has 0 amide bonds. The predicted octanol–water partition coefficient (Wildman–Crippen LogP) is 3.39. The third-order valence-electron chi connectivity index (χ3n) is 4.32. The number of nitrogens with zero attached hydrogens (tertiary/aromatic N) is 1. The van der Waals surface area contributed by atoms with Crippen molar-refractivity contribution in [1.82, 2.24) is 0 Å². The number of aliphatic hydroxyl groups excluding tert-OH is 1. The van der Waals surface area contributed by atoms with Gasteiger partial charge in [0.1, 0.15) is 24.0 Å². The van der Waals surface area contributed by atoms with Crippen molar-refractivity contribution >= 4 is 28.1 Å². The largest absolute Gasteiger partial charge is 0.490 e. The zero-order valence-electron chi connectivity index (χ0n) is 15.7. The highest BCUT2D eigenvalue weighted by Crippen LogP contribution is 2.26. The van der Waals surface area contributed by atoms with Gasteiger partial charge in [0.15, 0.2) is 0 Å². The smallest absolute Gasteiger partial charge is 0.344 e. The minimum atomic E-state index is -0.842. The molecule has 0 radical (unpaired) electrons. The second kappa shape index (κ2) is 9.03. The van der Waals surface area contributed by atoms with Crippen molar-refractivity contribution in [3.05, 3.63) is 76.3 Å². The lowest BCUT2D eigenvalue weighted by molar-refractivity contribution is -0.385. The van der Waals surface area contributed by atoms with Gasteiger partial charge in [0, 0.05) is 23.7 Å². The first-order valence-electron chi connectivity index (χ1n) is 8.89. The van der Waals surface area contributed by atoms with Crippen LogP contribution in [0.1, 0.15) is 10.4 Å². The molecule has 3 rings (SSSR count). The average molecular weight is 396 g/mol. The Kier molecular flexibility index (Phi) is 6.25. The number of aliphatic hydroxyl groups is 1. The Balaban J connectivity index is 1.62. The van der Waals surface area contributed by atoms with E-state index in [0.717, 1.165) is 17.9 Å². The molecule has 3 aromatic rings. The molecule has 0 fully saturated rings. The van der Waals surface area contributed by atoms with E-state index >= 15 is 0 Å². The lowest BCUT2D eigenvalue weighted by atomic mass is 10.1. The van der Waals surface area contributed by atoms with Crippen LogP contribution >= 0.6 is 0 Å². The van der Waals surface area contributed by atoms with E-state index in [9.17, 15) is 20.0 Å². The molecule has 3 aromatic carbocycles. The van der Waals surface area contributed by atoms with Gasteiger partial charge in [-0.15, -0.1) is 0 Å². The molecule has 0 aliphatic rings. The third kappa shape index (κ3) is 4.80. The first kappa shape index (κ1) is 20.1. The summed E-state index contributed by atoms with van der Waals surface area (Å²) in [6.45, 7) is 0.182.